The first-order valence-electron chi connectivity index (χ1n) is 3.53. The first kappa shape index (κ1) is 8.92. The summed E-state index contributed by atoms with van der Waals surface area (Å²) in [6.07, 6.45) is 2.22. The molecule has 55 valence electrons. The molecule has 0 rings (SSSR count). The van der Waals surface area contributed by atoms with E-state index < -0.39 is 0 Å². The molecule has 0 aromatic carbocycles. The average molecular weight is 129 g/mol. The maximum Gasteiger partial charge on any atom is 0.0205 e. The molecule has 0 spiro atoms. The highest BCUT2D eigenvalue weighted by atomic mass is 15.1. The van der Waals surface area contributed by atoms with Crippen LogP contribution in [0.5, 0.6) is 0 Å². The van der Waals surface area contributed by atoms with Crippen molar-refractivity contribution in [3.63, 3.8) is 0 Å². The van der Waals surface area contributed by atoms with Gasteiger partial charge in [-0.3, -0.25) is 0 Å². The molecule has 2 heteroatoms. The van der Waals surface area contributed by atoms with Crippen molar-refractivity contribution in [3.05, 3.63) is 6.54 Å². The van der Waals surface area contributed by atoms with Gasteiger partial charge in [0.1, 0.15) is 0 Å². The highest BCUT2D eigenvalue weighted by Gasteiger charge is 1.92. The van der Waals surface area contributed by atoms with Gasteiger partial charge < -0.3 is 10.6 Å². The lowest BCUT2D eigenvalue weighted by Crippen LogP contribution is -2.21. The Kier molecular flexibility index (Phi) is 5.99. The monoisotopic (exact) mass is 129 g/mol. The predicted molar refractivity (Wildman–Crippen MR) is 40.9 cm³/mol. The first-order valence-corrected chi connectivity index (χ1v) is 3.53. The van der Waals surface area contributed by atoms with E-state index >= 15 is 0 Å². The van der Waals surface area contributed by atoms with Crippen LogP contribution in [0.2, 0.25) is 0 Å². The van der Waals surface area contributed by atoms with Gasteiger partial charge in [0, 0.05) is 6.54 Å². The smallest absolute Gasteiger partial charge is 0.0205 e. The molecule has 0 heterocycles. The minimum absolute atomic E-state index is 0.997. The molecule has 2 nitrogen and oxygen atoms in total. The third-order valence-corrected chi connectivity index (χ3v) is 1.28. The van der Waals surface area contributed by atoms with Gasteiger partial charge in [0.2, 0.25) is 0 Å². The van der Waals surface area contributed by atoms with Gasteiger partial charge in [-0.15, -0.1) is 0 Å². The van der Waals surface area contributed by atoms with E-state index in [4.69, 9.17) is 5.73 Å². The lowest BCUT2D eigenvalue weighted by molar-refractivity contribution is 0.337. The van der Waals surface area contributed by atoms with Crippen LogP contribution in [-0.4, -0.2) is 25.0 Å². The summed E-state index contributed by atoms with van der Waals surface area (Å²) in [6.45, 7) is 6.16. The Hall–Kier alpha value is -0.0800. The van der Waals surface area contributed by atoms with Gasteiger partial charge in [-0.1, -0.05) is 6.92 Å². The second-order valence-corrected chi connectivity index (χ2v) is 2.33. The zero-order valence-electron chi connectivity index (χ0n) is 6.43. The van der Waals surface area contributed by atoms with Crippen molar-refractivity contribution >= 4 is 0 Å². The summed E-state index contributed by atoms with van der Waals surface area (Å²) < 4.78 is 0. The molecule has 0 bridgehead atoms. The molecule has 0 amide bonds. The summed E-state index contributed by atoms with van der Waals surface area (Å²) in [7, 11) is 2.12. The van der Waals surface area contributed by atoms with Crippen LogP contribution in [-0.2, 0) is 0 Å². The van der Waals surface area contributed by atoms with Crippen molar-refractivity contribution in [1.29, 1.82) is 0 Å². The van der Waals surface area contributed by atoms with Crippen LogP contribution >= 0.6 is 0 Å². The van der Waals surface area contributed by atoms with Crippen molar-refractivity contribution < 1.29 is 0 Å². The second kappa shape index (κ2) is 6.05. The van der Waals surface area contributed by atoms with E-state index in [1.807, 2.05) is 0 Å². The Morgan fingerprint density at radius 2 is 2.11 bits per heavy atom. The molecule has 0 atom stereocenters. The molecule has 0 aliphatic carbocycles. The van der Waals surface area contributed by atoms with Crippen molar-refractivity contribution in [2.24, 2.45) is 5.73 Å². The Balaban J connectivity index is 2.95. The van der Waals surface area contributed by atoms with Crippen molar-refractivity contribution in [2.75, 3.05) is 20.1 Å². The lowest BCUT2D eigenvalue weighted by atomic mass is 10.3. The number of nitrogens with zero attached hydrogens (tertiary/aromatic N) is 1. The third kappa shape index (κ3) is 5.80. The highest BCUT2D eigenvalue weighted by molar-refractivity contribution is 4.57. The number of hydrogen-bond acceptors (Lipinski definition) is 2. The van der Waals surface area contributed by atoms with Crippen LogP contribution in [0.1, 0.15) is 19.8 Å². The molecular formula is C7H17N2. The SMILES string of the molecule is CCCN(C)CC[CH]N. The normalized spacial score (nSPS) is 10.7. The third-order valence-electron chi connectivity index (χ3n) is 1.28. The minimum Gasteiger partial charge on any atom is -0.326 e. The van der Waals surface area contributed by atoms with Gasteiger partial charge in [0.15, 0.2) is 0 Å². The van der Waals surface area contributed by atoms with Crippen LogP contribution in [0.3, 0.4) is 0 Å². The predicted octanol–water partition coefficient (Wildman–Crippen LogP) is 0.839. The summed E-state index contributed by atoms with van der Waals surface area (Å²) in [5.41, 5.74) is 5.22. The van der Waals surface area contributed by atoms with E-state index in [0.29, 0.717) is 0 Å². The average Bonchev–Trinajstić information content (AvgIpc) is 1.85. The molecule has 0 aromatic rings. The Bertz CT molecular complexity index is 54.9. The molecule has 0 fully saturated rings. The Labute approximate surface area is 58.0 Å². The maximum absolute atomic E-state index is 5.22. The van der Waals surface area contributed by atoms with E-state index in [-0.39, 0.29) is 0 Å². The zero-order valence-corrected chi connectivity index (χ0v) is 6.43. The molecule has 0 unspecified atom stereocenters. The molecule has 9 heavy (non-hydrogen) atoms. The van der Waals surface area contributed by atoms with Crippen LogP contribution in [0.25, 0.3) is 0 Å². The van der Waals surface area contributed by atoms with Gasteiger partial charge >= 0.3 is 0 Å². The van der Waals surface area contributed by atoms with Crippen LogP contribution < -0.4 is 5.73 Å². The van der Waals surface area contributed by atoms with Gasteiger partial charge in [0.25, 0.3) is 0 Å². The second-order valence-electron chi connectivity index (χ2n) is 2.33. The number of hydrogen-bond donors (Lipinski definition) is 1. The summed E-state index contributed by atoms with van der Waals surface area (Å²) in [4.78, 5) is 2.28. The quantitative estimate of drug-likeness (QED) is 0.596. The van der Waals surface area contributed by atoms with Gasteiger partial charge in [-0.2, -0.15) is 0 Å². The van der Waals surface area contributed by atoms with Gasteiger partial charge in [0.05, 0.1) is 0 Å². The molecule has 0 aromatic heterocycles. The highest BCUT2D eigenvalue weighted by Crippen LogP contribution is 1.88. The fourth-order valence-electron chi connectivity index (χ4n) is 0.788. The maximum atomic E-state index is 5.22. The zero-order chi connectivity index (χ0) is 7.11. The molecule has 0 aliphatic rings. The van der Waals surface area contributed by atoms with Gasteiger partial charge in [-0.25, -0.2) is 0 Å². The van der Waals surface area contributed by atoms with Crippen molar-refractivity contribution in [1.82, 2.24) is 4.90 Å². The van der Waals surface area contributed by atoms with E-state index in [2.05, 4.69) is 18.9 Å². The summed E-state index contributed by atoms with van der Waals surface area (Å²) in [6, 6.07) is 0. The van der Waals surface area contributed by atoms with E-state index in [1.165, 1.54) is 13.0 Å². The molecule has 0 saturated carbocycles. The number of rotatable bonds is 5. The molecule has 2 N–H and O–H groups in total. The van der Waals surface area contributed by atoms with E-state index in [9.17, 15) is 0 Å². The van der Waals surface area contributed by atoms with Crippen molar-refractivity contribution in [2.45, 2.75) is 19.8 Å². The largest absolute Gasteiger partial charge is 0.326 e. The standard InChI is InChI=1S/C7H17N2/c1-3-6-9(2)7-4-5-8/h5H,3-4,6-8H2,1-2H3. The van der Waals surface area contributed by atoms with E-state index in [0.717, 1.165) is 13.0 Å². The van der Waals surface area contributed by atoms with E-state index in [1.54, 1.807) is 6.54 Å². The Morgan fingerprint density at radius 3 is 2.56 bits per heavy atom. The lowest BCUT2D eigenvalue weighted by Gasteiger charge is -2.13. The summed E-state index contributed by atoms with van der Waals surface area (Å²) in [5.74, 6) is 0. The van der Waals surface area contributed by atoms with Crippen LogP contribution in [0, 0.1) is 6.54 Å². The Morgan fingerprint density at radius 1 is 1.44 bits per heavy atom. The first-order chi connectivity index (χ1) is 4.31. The molecule has 0 aliphatic heterocycles. The van der Waals surface area contributed by atoms with Gasteiger partial charge in [-0.05, 0) is 33.0 Å². The minimum atomic E-state index is 0.997. The van der Waals surface area contributed by atoms with Crippen molar-refractivity contribution in [3.8, 4) is 0 Å². The molecular weight excluding hydrogens is 112 g/mol. The van der Waals surface area contributed by atoms with Crippen LogP contribution in [0.4, 0.5) is 0 Å². The molecule has 0 saturated heterocycles. The topological polar surface area (TPSA) is 29.3 Å². The van der Waals surface area contributed by atoms with Crippen LogP contribution in [0.15, 0.2) is 0 Å². The summed E-state index contributed by atoms with van der Waals surface area (Å²) in [5, 5.41) is 0. The summed E-state index contributed by atoms with van der Waals surface area (Å²) >= 11 is 0. The fraction of sp³-hybridized carbons (Fsp3) is 0.857. The number of nitrogens with two attached hydrogens (primary N) is 1. The molecule has 1 radical (unpaired) electrons. The fourth-order valence-corrected chi connectivity index (χ4v) is 0.788.